The Morgan fingerprint density at radius 2 is 1.86 bits per heavy atom. The average molecular weight is 335 g/mol. The molecule has 1 aromatic heterocycles. The minimum Gasteiger partial charge on any atom is -0.264 e. The summed E-state index contributed by atoms with van der Waals surface area (Å²) in [5.74, 6) is 0. The topological polar surface area (TPSA) is 55.7 Å². The highest BCUT2D eigenvalue weighted by Gasteiger charge is 2.21. The van der Waals surface area contributed by atoms with Crippen LogP contribution in [0.2, 0.25) is 0 Å². The van der Waals surface area contributed by atoms with Crippen molar-refractivity contribution in [2.75, 3.05) is 0 Å². The van der Waals surface area contributed by atoms with E-state index in [2.05, 4.69) is 11.2 Å². The normalized spacial score (nSPS) is 16.5. The van der Waals surface area contributed by atoms with Gasteiger partial charge in [0.25, 0.3) is 0 Å². The van der Waals surface area contributed by atoms with Crippen LogP contribution in [0.25, 0.3) is 0 Å². The fraction of sp³-hybridized carbons (Fsp3) is 0.312. The Bertz CT molecular complexity index is 818. The molecule has 1 aliphatic rings. The summed E-state index contributed by atoms with van der Waals surface area (Å²) in [5.41, 5.74) is 2.75. The molecule has 1 aliphatic carbocycles. The molecule has 116 valence electrons. The van der Waals surface area contributed by atoms with Crippen LogP contribution in [-0.2, 0) is 20.8 Å². The van der Waals surface area contributed by atoms with Crippen molar-refractivity contribution in [1.82, 2.24) is 0 Å². The number of aryl methyl sites for hydroxylation is 3. The third kappa shape index (κ3) is 3.08. The molecule has 0 atom stereocenters. The lowest BCUT2D eigenvalue weighted by Gasteiger charge is -2.12. The van der Waals surface area contributed by atoms with Gasteiger partial charge in [0.1, 0.15) is 4.90 Å². The van der Waals surface area contributed by atoms with Crippen molar-refractivity contribution in [1.29, 1.82) is 0 Å². The van der Waals surface area contributed by atoms with Crippen LogP contribution in [0.3, 0.4) is 0 Å². The summed E-state index contributed by atoms with van der Waals surface area (Å²) in [6, 6.07) is 8.60. The maximum atomic E-state index is 12.2. The zero-order chi connectivity index (χ0) is 15.7. The minimum atomic E-state index is -3.86. The average Bonchev–Trinajstić information content (AvgIpc) is 2.86. The molecular formula is C16H17NO3S2. The van der Waals surface area contributed by atoms with Gasteiger partial charge in [0, 0.05) is 15.3 Å². The summed E-state index contributed by atoms with van der Waals surface area (Å²) in [7, 11) is -3.86. The molecule has 2 aromatic rings. The maximum absolute atomic E-state index is 12.2. The van der Waals surface area contributed by atoms with Crippen LogP contribution in [0.15, 0.2) is 40.4 Å². The van der Waals surface area contributed by atoms with E-state index in [0.29, 0.717) is 0 Å². The first kappa shape index (κ1) is 15.2. The van der Waals surface area contributed by atoms with Crippen molar-refractivity contribution < 1.29 is 12.7 Å². The number of rotatable bonds is 3. The van der Waals surface area contributed by atoms with Gasteiger partial charge in [0.15, 0.2) is 0 Å². The van der Waals surface area contributed by atoms with E-state index < -0.39 is 10.1 Å². The second kappa shape index (κ2) is 5.85. The third-order valence-electron chi connectivity index (χ3n) is 3.62. The number of thiophene rings is 1. The van der Waals surface area contributed by atoms with Gasteiger partial charge in [-0.1, -0.05) is 22.9 Å². The van der Waals surface area contributed by atoms with Crippen molar-refractivity contribution in [3.63, 3.8) is 0 Å². The zero-order valence-electron chi connectivity index (χ0n) is 12.5. The first-order valence-electron chi connectivity index (χ1n) is 7.12. The lowest BCUT2D eigenvalue weighted by molar-refractivity contribution is 0.337. The number of hydrogen-bond acceptors (Lipinski definition) is 5. The van der Waals surface area contributed by atoms with Crippen molar-refractivity contribution in [3.05, 3.63) is 51.2 Å². The Labute approximate surface area is 134 Å². The third-order valence-corrected chi connectivity index (χ3v) is 5.85. The second-order valence-electron chi connectivity index (χ2n) is 5.43. The lowest BCUT2D eigenvalue weighted by atomic mass is 9.97. The van der Waals surface area contributed by atoms with E-state index in [1.165, 1.54) is 21.9 Å². The number of nitrogens with zero attached hydrogens (tertiary/aromatic N) is 1. The van der Waals surface area contributed by atoms with Crippen molar-refractivity contribution >= 4 is 27.2 Å². The van der Waals surface area contributed by atoms with Crippen LogP contribution >= 0.6 is 11.3 Å². The zero-order valence-corrected chi connectivity index (χ0v) is 14.1. The van der Waals surface area contributed by atoms with Gasteiger partial charge >= 0.3 is 10.1 Å². The minimum absolute atomic E-state index is 0.125. The van der Waals surface area contributed by atoms with Gasteiger partial charge in [-0.2, -0.15) is 8.42 Å². The summed E-state index contributed by atoms with van der Waals surface area (Å²) in [5, 5.41) is 3.94. The van der Waals surface area contributed by atoms with Gasteiger partial charge in [0.05, 0.1) is 5.71 Å². The van der Waals surface area contributed by atoms with Gasteiger partial charge < -0.3 is 0 Å². The predicted octanol–water partition coefficient (Wildman–Crippen LogP) is 3.81. The van der Waals surface area contributed by atoms with Crippen molar-refractivity contribution in [2.45, 2.75) is 38.0 Å². The molecule has 0 radical (unpaired) electrons. The number of hydrogen-bond donors (Lipinski definition) is 0. The SMILES string of the molecule is Cc1ccc(S(=O)(=O)O/N=C2\CCCc3sc(C)cc32)cc1. The van der Waals surface area contributed by atoms with Gasteiger partial charge in [-0.3, -0.25) is 4.28 Å². The van der Waals surface area contributed by atoms with Crippen LogP contribution in [0, 0.1) is 13.8 Å². The molecule has 4 nitrogen and oxygen atoms in total. The summed E-state index contributed by atoms with van der Waals surface area (Å²) in [6.45, 7) is 3.95. The second-order valence-corrected chi connectivity index (χ2v) is 8.30. The predicted molar refractivity (Wildman–Crippen MR) is 88.0 cm³/mol. The van der Waals surface area contributed by atoms with Crippen LogP contribution < -0.4 is 0 Å². The summed E-state index contributed by atoms with van der Waals surface area (Å²) in [6.07, 6.45) is 2.74. The highest BCUT2D eigenvalue weighted by Crippen LogP contribution is 2.30. The lowest BCUT2D eigenvalue weighted by Crippen LogP contribution is -2.11. The van der Waals surface area contributed by atoms with Gasteiger partial charge in [0.2, 0.25) is 0 Å². The van der Waals surface area contributed by atoms with Crippen LogP contribution in [-0.4, -0.2) is 14.1 Å². The molecule has 6 heteroatoms. The van der Waals surface area contributed by atoms with E-state index in [1.807, 2.05) is 13.8 Å². The summed E-state index contributed by atoms with van der Waals surface area (Å²) < 4.78 is 29.3. The highest BCUT2D eigenvalue weighted by atomic mass is 32.2. The molecule has 3 rings (SSSR count). The highest BCUT2D eigenvalue weighted by molar-refractivity contribution is 7.86. The summed E-state index contributed by atoms with van der Waals surface area (Å²) >= 11 is 1.74. The first-order chi connectivity index (χ1) is 10.5. The molecule has 1 heterocycles. The molecule has 0 bridgehead atoms. The molecule has 1 aromatic carbocycles. The summed E-state index contributed by atoms with van der Waals surface area (Å²) in [4.78, 5) is 2.60. The van der Waals surface area contributed by atoms with Crippen LogP contribution in [0.4, 0.5) is 0 Å². The number of benzene rings is 1. The Morgan fingerprint density at radius 1 is 1.14 bits per heavy atom. The fourth-order valence-corrected chi connectivity index (χ4v) is 4.32. The number of oxime groups is 1. The standard InChI is InChI=1S/C16H17NO3S2/c1-11-6-8-13(9-7-11)22(18,19)20-17-15-4-3-5-16-14(15)10-12(2)21-16/h6-10H,3-5H2,1-2H3/b17-15+. The fourth-order valence-electron chi connectivity index (χ4n) is 2.48. The molecule has 0 saturated heterocycles. The van der Waals surface area contributed by atoms with Gasteiger partial charge in [-0.25, -0.2) is 0 Å². The van der Waals surface area contributed by atoms with Crippen LogP contribution in [0.5, 0.6) is 0 Å². The molecule has 0 spiro atoms. The monoisotopic (exact) mass is 335 g/mol. The van der Waals surface area contributed by atoms with E-state index in [4.69, 9.17) is 4.28 Å². The Balaban J connectivity index is 1.86. The first-order valence-corrected chi connectivity index (χ1v) is 9.35. The van der Waals surface area contributed by atoms with Gasteiger partial charge in [-0.15, -0.1) is 11.3 Å². The van der Waals surface area contributed by atoms with Crippen molar-refractivity contribution in [2.24, 2.45) is 5.16 Å². The quantitative estimate of drug-likeness (QED) is 0.802. The maximum Gasteiger partial charge on any atom is 0.358 e. The smallest absolute Gasteiger partial charge is 0.264 e. The van der Waals surface area contributed by atoms with E-state index in [-0.39, 0.29) is 4.90 Å². The Hall–Kier alpha value is -1.66. The molecule has 0 N–H and O–H groups in total. The largest absolute Gasteiger partial charge is 0.358 e. The Morgan fingerprint density at radius 3 is 2.59 bits per heavy atom. The molecule has 0 unspecified atom stereocenters. The van der Waals surface area contributed by atoms with E-state index in [0.717, 1.165) is 36.1 Å². The molecular weight excluding hydrogens is 318 g/mol. The van der Waals surface area contributed by atoms with E-state index >= 15 is 0 Å². The van der Waals surface area contributed by atoms with E-state index in [9.17, 15) is 8.42 Å². The molecule has 22 heavy (non-hydrogen) atoms. The molecule has 0 amide bonds. The molecule has 0 saturated carbocycles. The molecule has 0 aliphatic heterocycles. The molecule has 0 fully saturated rings. The number of fused-ring (bicyclic) bond motifs is 1. The van der Waals surface area contributed by atoms with Gasteiger partial charge in [-0.05, 0) is 51.3 Å². The Kier molecular flexibility index (Phi) is 4.06. The van der Waals surface area contributed by atoms with E-state index in [1.54, 1.807) is 23.5 Å². The van der Waals surface area contributed by atoms with Crippen molar-refractivity contribution in [3.8, 4) is 0 Å². The van der Waals surface area contributed by atoms with Crippen LogP contribution in [0.1, 0.15) is 33.7 Å².